The molecule has 0 heterocycles. The molecule has 4 atom stereocenters. The zero-order chi connectivity index (χ0) is 26.9. The van der Waals surface area contributed by atoms with Crippen molar-refractivity contribution >= 4 is 23.9 Å². The lowest BCUT2D eigenvalue weighted by Gasteiger charge is -2.42. The van der Waals surface area contributed by atoms with E-state index in [2.05, 4.69) is 13.2 Å². The van der Waals surface area contributed by atoms with Crippen LogP contribution in [0.1, 0.15) is 66.2 Å². The Morgan fingerprint density at radius 1 is 0.667 bits per heavy atom. The topological polar surface area (TPSA) is 105 Å². The third-order valence-electron chi connectivity index (χ3n) is 7.92. The predicted octanol–water partition coefficient (Wildman–Crippen LogP) is 4.42. The van der Waals surface area contributed by atoms with Gasteiger partial charge in [0.1, 0.15) is 0 Å². The van der Waals surface area contributed by atoms with Crippen LogP contribution < -0.4 is 0 Å². The highest BCUT2D eigenvalue weighted by Gasteiger charge is 2.64. The molecule has 0 spiro atoms. The summed E-state index contributed by atoms with van der Waals surface area (Å²) in [7, 11) is 0. The van der Waals surface area contributed by atoms with Crippen molar-refractivity contribution in [2.24, 2.45) is 34.5 Å². The molecule has 2 saturated carbocycles. The fourth-order valence-electron chi connectivity index (χ4n) is 6.51. The zero-order valence-corrected chi connectivity index (χ0v) is 22.2. The van der Waals surface area contributed by atoms with Crippen LogP contribution in [0.15, 0.2) is 25.3 Å². The molecule has 2 rings (SSSR count). The van der Waals surface area contributed by atoms with Crippen molar-refractivity contribution in [1.82, 2.24) is 0 Å². The lowest BCUT2D eigenvalue weighted by atomic mass is 9.61. The van der Waals surface area contributed by atoms with E-state index >= 15 is 0 Å². The van der Waals surface area contributed by atoms with Gasteiger partial charge in [0.05, 0.1) is 26.4 Å². The third-order valence-corrected chi connectivity index (χ3v) is 7.92. The molecule has 0 radical (unpaired) electrons. The van der Waals surface area contributed by atoms with Crippen LogP contribution in [0.3, 0.4) is 0 Å². The van der Waals surface area contributed by atoms with Gasteiger partial charge in [-0.2, -0.15) is 0 Å². The van der Waals surface area contributed by atoms with Crippen LogP contribution in [0.25, 0.3) is 0 Å². The molecule has 0 aromatic heterocycles. The van der Waals surface area contributed by atoms with Gasteiger partial charge in [0.15, 0.2) is 10.8 Å². The van der Waals surface area contributed by atoms with Crippen LogP contribution in [-0.4, -0.2) is 50.3 Å². The van der Waals surface area contributed by atoms with Crippen LogP contribution in [0.2, 0.25) is 0 Å². The van der Waals surface area contributed by atoms with Gasteiger partial charge in [-0.1, -0.05) is 25.0 Å². The maximum Gasteiger partial charge on any atom is 0.323 e. The van der Waals surface area contributed by atoms with E-state index in [0.29, 0.717) is 38.5 Å². The van der Waals surface area contributed by atoms with E-state index in [1.807, 2.05) is 0 Å². The van der Waals surface area contributed by atoms with Gasteiger partial charge >= 0.3 is 23.9 Å². The Hall–Kier alpha value is -2.64. The predicted molar refractivity (Wildman–Crippen MR) is 133 cm³/mol. The summed E-state index contributed by atoms with van der Waals surface area (Å²) in [6.07, 6.45) is 6.42. The van der Waals surface area contributed by atoms with Gasteiger partial charge in [-0.25, -0.2) is 0 Å². The first-order valence-electron chi connectivity index (χ1n) is 13.2. The van der Waals surface area contributed by atoms with E-state index in [4.69, 9.17) is 18.9 Å². The molecule has 2 aliphatic rings. The summed E-state index contributed by atoms with van der Waals surface area (Å²) in [4.78, 5) is 53.3. The first-order chi connectivity index (χ1) is 17.3. The van der Waals surface area contributed by atoms with Crippen molar-refractivity contribution in [3.05, 3.63) is 25.3 Å². The van der Waals surface area contributed by atoms with E-state index < -0.39 is 58.4 Å². The van der Waals surface area contributed by atoms with Crippen LogP contribution in [-0.2, 0) is 38.1 Å². The van der Waals surface area contributed by atoms with E-state index in [0.717, 1.165) is 0 Å². The quantitative estimate of drug-likeness (QED) is 0.156. The monoisotopic (exact) mass is 506 g/mol. The molecule has 36 heavy (non-hydrogen) atoms. The number of hydrogen-bond donors (Lipinski definition) is 0. The number of rotatable bonds is 13. The van der Waals surface area contributed by atoms with E-state index in [9.17, 15) is 19.2 Å². The minimum atomic E-state index is -1.48. The Bertz CT molecular complexity index is 727. The highest BCUT2D eigenvalue weighted by molar-refractivity contribution is 6.01. The number of carbonyl (C=O) groups excluding carboxylic acids is 4. The normalized spacial score (nSPS) is 23.7. The highest BCUT2D eigenvalue weighted by atomic mass is 16.6. The van der Waals surface area contributed by atoms with Crippen LogP contribution >= 0.6 is 0 Å². The Morgan fingerprint density at radius 2 is 0.944 bits per heavy atom. The number of hydrogen-bond acceptors (Lipinski definition) is 8. The zero-order valence-electron chi connectivity index (χ0n) is 22.2. The van der Waals surface area contributed by atoms with E-state index in [1.165, 1.54) is 0 Å². The molecule has 4 unspecified atom stereocenters. The van der Waals surface area contributed by atoms with Gasteiger partial charge in [-0.05, 0) is 77.0 Å². The van der Waals surface area contributed by atoms with Crippen LogP contribution in [0.4, 0.5) is 0 Å². The van der Waals surface area contributed by atoms with Gasteiger partial charge in [0, 0.05) is 0 Å². The van der Waals surface area contributed by atoms with Gasteiger partial charge in [0.2, 0.25) is 0 Å². The summed E-state index contributed by atoms with van der Waals surface area (Å²) in [5.74, 6) is -4.26. The average Bonchev–Trinajstić information content (AvgIpc) is 3.49. The summed E-state index contributed by atoms with van der Waals surface area (Å²) in [6, 6.07) is 0. The molecule has 0 aromatic carbocycles. The third kappa shape index (κ3) is 5.09. The SMILES string of the molecule is C=CC(C(C=C)C1CCCC1(C(=O)OCC)C(=O)OCC)C1CCCC1(C(=O)OCC)C(=O)OCC. The van der Waals surface area contributed by atoms with Crippen molar-refractivity contribution in [2.75, 3.05) is 26.4 Å². The molecule has 2 aliphatic carbocycles. The van der Waals surface area contributed by atoms with Gasteiger partial charge < -0.3 is 18.9 Å². The smallest absolute Gasteiger partial charge is 0.323 e. The second-order valence-corrected chi connectivity index (χ2v) is 9.45. The second kappa shape index (κ2) is 13.1. The summed E-state index contributed by atoms with van der Waals surface area (Å²) in [5, 5.41) is 0. The maximum atomic E-state index is 13.3. The minimum absolute atomic E-state index is 0.133. The Kier molecular flexibility index (Phi) is 10.7. The molecule has 0 bridgehead atoms. The van der Waals surface area contributed by atoms with E-state index in [1.54, 1.807) is 39.8 Å². The van der Waals surface area contributed by atoms with Gasteiger partial charge in [0.25, 0.3) is 0 Å². The Morgan fingerprint density at radius 3 is 1.17 bits per heavy atom. The molecular weight excluding hydrogens is 464 g/mol. The molecule has 202 valence electrons. The van der Waals surface area contributed by atoms with E-state index in [-0.39, 0.29) is 26.4 Å². The lowest BCUT2D eigenvalue weighted by Crippen LogP contribution is -2.51. The molecule has 2 fully saturated rings. The van der Waals surface area contributed by atoms with Crippen LogP contribution in [0.5, 0.6) is 0 Å². The highest BCUT2D eigenvalue weighted by Crippen LogP contribution is 2.57. The molecule has 0 aliphatic heterocycles. The van der Waals surface area contributed by atoms with Crippen LogP contribution in [0, 0.1) is 34.5 Å². The largest absolute Gasteiger partial charge is 0.465 e. The van der Waals surface area contributed by atoms with Crippen molar-refractivity contribution in [3.63, 3.8) is 0 Å². The van der Waals surface area contributed by atoms with Gasteiger partial charge in [-0.3, -0.25) is 19.2 Å². The van der Waals surface area contributed by atoms with Crippen molar-refractivity contribution in [1.29, 1.82) is 0 Å². The summed E-state index contributed by atoms with van der Waals surface area (Å²) >= 11 is 0. The number of ether oxygens (including phenoxy) is 4. The molecule has 0 amide bonds. The molecule has 8 heteroatoms. The number of allylic oxidation sites excluding steroid dienone is 2. The fraction of sp³-hybridized carbons (Fsp3) is 0.714. The first kappa shape index (κ1) is 29.6. The van der Waals surface area contributed by atoms with Crippen molar-refractivity contribution < 1.29 is 38.1 Å². The van der Waals surface area contributed by atoms with Gasteiger partial charge in [-0.15, -0.1) is 13.2 Å². The molecule has 0 saturated heterocycles. The molecule has 8 nitrogen and oxygen atoms in total. The standard InChI is InChI=1S/C28H42O8/c1-7-19(21-15-13-17-27(21,23(29)33-9-3)24(30)34-10-4)20(8-2)22-16-14-18-28(22,25(31)35-11-5)26(32)36-12-6/h7-8,19-22H,1-2,9-18H2,3-6H3. The van der Waals surface area contributed by atoms with Crippen molar-refractivity contribution in [3.8, 4) is 0 Å². The maximum absolute atomic E-state index is 13.3. The second-order valence-electron chi connectivity index (χ2n) is 9.45. The average molecular weight is 507 g/mol. The molecular formula is C28H42O8. The Balaban J connectivity index is 2.61. The number of carbonyl (C=O) groups is 4. The molecule has 0 aromatic rings. The first-order valence-corrected chi connectivity index (χ1v) is 13.2. The fourth-order valence-corrected chi connectivity index (χ4v) is 6.51. The lowest BCUT2D eigenvalue weighted by molar-refractivity contribution is -0.181. The number of esters is 4. The summed E-state index contributed by atoms with van der Waals surface area (Å²) < 4.78 is 21.6. The van der Waals surface area contributed by atoms with Crippen molar-refractivity contribution in [2.45, 2.75) is 66.2 Å². The molecule has 0 N–H and O–H groups in total. The summed E-state index contributed by atoms with van der Waals surface area (Å²) in [6.45, 7) is 15.4. The summed E-state index contributed by atoms with van der Waals surface area (Å²) in [5.41, 5.74) is -2.97. The Labute approximate surface area is 214 Å². The minimum Gasteiger partial charge on any atom is -0.465 e.